The molecule has 0 saturated carbocycles. The van der Waals surface area contributed by atoms with Crippen molar-refractivity contribution in [2.45, 2.75) is 36.7 Å². The number of rotatable bonds is 4. The number of aliphatic hydroxyl groups excluding tert-OH is 1. The molecule has 0 aliphatic rings. The van der Waals surface area contributed by atoms with Gasteiger partial charge in [0.25, 0.3) is 0 Å². The van der Waals surface area contributed by atoms with Crippen LogP contribution in [0.15, 0.2) is 46.2 Å². The summed E-state index contributed by atoms with van der Waals surface area (Å²) >= 11 is 1.65. The van der Waals surface area contributed by atoms with Crippen molar-refractivity contribution in [1.82, 2.24) is 0 Å². The Morgan fingerprint density at radius 1 is 1.10 bits per heavy atom. The van der Waals surface area contributed by atoms with Crippen LogP contribution in [0.5, 0.6) is 5.75 Å². The number of aliphatic hydroxyl groups is 1. The maximum atomic E-state index is 10.00. The van der Waals surface area contributed by atoms with E-state index in [0.29, 0.717) is 0 Å². The fraction of sp³-hybridized carbons (Fsp3) is 0.294. The molecule has 2 nitrogen and oxygen atoms in total. The minimum atomic E-state index is -0.555. The normalized spacial score (nSPS) is 12.2. The van der Waals surface area contributed by atoms with Crippen LogP contribution in [0.2, 0.25) is 0 Å². The second-order valence-electron chi connectivity index (χ2n) is 4.90. The number of methoxy groups -OCH3 is 1. The molecule has 2 rings (SSSR count). The Morgan fingerprint density at radius 2 is 1.85 bits per heavy atom. The van der Waals surface area contributed by atoms with Crippen LogP contribution in [0.1, 0.15) is 29.7 Å². The van der Waals surface area contributed by atoms with E-state index in [1.54, 1.807) is 25.8 Å². The zero-order valence-electron chi connectivity index (χ0n) is 12.3. The molecule has 0 fully saturated rings. The molecule has 0 aromatic heterocycles. The Bertz CT molecular complexity index is 606. The van der Waals surface area contributed by atoms with Crippen LogP contribution in [-0.4, -0.2) is 12.2 Å². The highest BCUT2D eigenvalue weighted by atomic mass is 32.2. The van der Waals surface area contributed by atoms with Gasteiger partial charge in [-0.05, 0) is 56.2 Å². The van der Waals surface area contributed by atoms with Crippen LogP contribution in [0.4, 0.5) is 0 Å². The quantitative estimate of drug-likeness (QED) is 0.897. The molecule has 1 N–H and O–H groups in total. The zero-order valence-corrected chi connectivity index (χ0v) is 13.1. The molecule has 2 aromatic rings. The summed E-state index contributed by atoms with van der Waals surface area (Å²) in [6.07, 6.45) is -0.555. The van der Waals surface area contributed by atoms with E-state index in [-0.39, 0.29) is 0 Å². The van der Waals surface area contributed by atoms with E-state index in [1.165, 1.54) is 16.0 Å². The van der Waals surface area contributed by atoms with Gasteiger partial charge in [-0.3, -0.25) is 0 Å². The molecule has 106 valence electrons. The zero-order chi connectivity index (χ0) is 14.7. The van der Waals surface area contributed by atoms with Gasteiger partial charge < -0.3 is 9.84 Å². The van der Waals surface area contributed by atoms with Gasteiger partial charge in [-0.15, -0.1) is 0 Å². The minimum absolute atomic E-state index is 0.555. The Morgan fingerprint density at radius 3 is 2.45 bits per heavy atom. The molecular weight excluding hydrogens is 268 g/mol. The first kappa shape index (κ1) is 14.9. The van der Waals surface area contributed by atoms with Gasteiger partial charge in [0, 0.05) is 15.4 Å². The van der Waals surface area contributed by atoms with E-state index in [0.717, 1.165) is 16.2 Å². The molecule has 0 spiro atoms. The van der Waals surface area contributed by atoms with Gasteiger partial charge >= 0.3 is 0 Å². The van der Waals surface area contributed by atoms with Crippen LogP contribution in [0.3, 0.4) is 0 Å². The predicted molar refractivity (Wildman–Crippen MR) is 83.7 cm³/mol. The summed E-state index contributed by atoms with van der Waals surface area (Å²) in [6, 6.07) is 12.3. The summed E-state index contributed by atoms with van der Waals surface area (Å²) in [5.41, 5.74) is 3.41. The fourth-order valence-electron chi connectivity index (χ4n) is 2.11. The predicted octanol–water partition coefficient (Wildman–Crippen LogP) is 4.52. The molecule has 0 amide bonds. The lowest BCUT2D eigenvalue weighted by atomic mass is 10.1. The SMILES string of the molecule is COc1cccc(Sc2ccc(C)c(C)c2)c1C(C)O. The summed E-state index contributed by atoms with van der Waals surface area (Å²) in [5.74, 6) is 0.730. The van der Waals surface area contributed by atoms with Gasteiger partial charge in [0.2, 0.25) is 0 Å². The van der Waals surface area contributed by atoms with E-state index >= 15 is 0 Å². The molecule has 0 saturated heterocycles. The van der Waals surface area contributed by atoms with Crippen LogP contribution in [0.25, 0.3) is 0 Å². The monoisotopic (exact) mass is 288 g/mol. The first-order chi connectivity index (χ1) is 9.52. The molecule has 1 unspecified atom stereocenters. The minimum Gasteiger partial charge on any atom is -0.496 e. The Kier molecular flexibility index (Phi) is 4.73. The van der Waals surface area contributed by atoms with Crippen LogP contribution < -0.4 is 4.74 Å². The summed E-state index contributed by atoms with van der Waals surface area (Å²) in [5, 5.41) is 10.00. The van der Waals surface area contributed by atoms with Crippen molar-refractivity contribution < 1.29 is 9.84 Å². The molecule has 0 aliphatic carbocycles. The second kappa shape index (κ2) is 6.33. The Balaban J connectivity index is 2.40. The van der Waals surface area contributed by atoms with E-state index < -0.39 is 6.10 Å². The van der Waals surface area contributed by atoms with Crippen molar-refractivity contribution in [1.29, 1.82) is 0 Å². The molecule has 20 heavy (non-hydrogen) atoms. The van der Waals surface area contributed by atoms with Gasteiger partial charge in [0.05, 0.1) is 13.2 Å². The van der Waals surface area contributed by atoms with E-state index in [1.807, 2.05) is 18.2 Å². The molecule has 0 heterocycles. The number of aryl methyl sites for hydroxylation is 2. The summed E-state index contributed by atoms with van der Waals surface area (Å²) < 4.78 is 5.35. The van der Waals surface area contributed by atoms with Gasteiger partial charge in [0.1, 0.15) is 5.75 Å². The molecule has 0 bridgehead atoms. The van der Waals surface area contributed by atoms with Crippen molar-refractivity contribution >= 4 is 11.8 Å². The lowest BCUT2D eigenvalue weighted by Gasteiger charge is -2.16. The van der Waals surface area contributed by atoms with Crippen molar-refractivity contribution in [2.75, 3.05) is 7.11 Å². The topological polar surface area (TPSA) is 29.5 Å². The fourth-order valence-corrected chi connectivity index (χ4v) is 3.26. The molecule has 3 heteroatoms. The van der Waals surface area contributed by atoms with E-state index in [2.05, 4.69) is 32.0 Å². The third-order valence-electron chi connectivity index (χ3n) is 3.37. The highest BCUT2D eigenvalue weighted by Gasteiger charge is 2.15. The number of benzene rings is 2. The molecule has 1 atom stereocenters. The highest BCUT2D eigenvalue weighted by molar-refractivity contribution is 7.99. The van der Waals surface area contributed by atoms with Crippen LogP contribution in [0, 0.1) is 13.8 Å². The average Bonchev–Trinajstić information content (AvgIpc) is 2.42. The van der Waals surface area contributed by atoms with Gasteiger partial charge in [-0.25, -0.2) is 0 Å². The highest BCUT2D eigenvalue weighted by Crippen LogP contribution is 2.38. The van der Waals surface area contributed by atoms with E-state index in [9.17, 15) is 5.11 Å². The van der Waals surface area contributed by atoms with Crippen molar-refractivity contribution in [2.24, 2.45) is 0 Å². The summed E-state index contributed by atoms with van der Waals surface area (Å²) in [7, 11) is 1.63. The third kappa shape index (κ3) is 3.17. The third-order valence-corrected chi connectivity index (χ3v) is 4.44. The molecule has 2 aromatic carbocycles. The Labute approximate surface area is 124 Å². The van der Waals surface area contributed by atoms with Crippen molar-refractivity contribution in [3.8, 4) is 5.75 Å². The maximum Gasteiger partial charge on any atom is 0.125 e. The average molecular weight is 288 g/mol. The maximum absolute atomic E-state index is 10.00. The second-order valence-corrected chi connectivity index (χ2v) is 6.01. The molecule has 0 aliphatic heterocycles. The smallest absolute Gasteiger partial charge is 0.125 e. The Hall–Kier alpha value is -1.45. The number of hydrogen-bond acceptors (Lipinski definition) is 3. The first-order valence-corrected chi connectivity index (χ1v) is 7.44. The summed E-state index contributed by atoms with van der Waals surface area (Å²) in [6.45, 7) is 5.99. The van der Waals surface area contributed by atoms with Crippen molar-refractivity contribution in [3.63, 3.8) is 0 Å². The van der Waals surface area contributed by atoms with E-state index in [4.69, 9.17) is 4.74 Å². The number of hydrogen-bond donors (Lipinski definition) is 1. The lowest BCUT2D eigenvalue weighted by Crippen LogP contribution is -1.98. The lowest BCUT2D eigenvalue weighted by molar-refractivity contribution is 0.191. The first-order valence-electron chi connectivity index (χ1n) is 6.63. The van der Waals surface area contributed by atoms with Crippen molar-refractivity contribution in [3.05, 3.63) is 53.1 Å². The van der Waals surface area contributed by atoms with Crippen LogP contribution >= 0.6 is 11.8 Å². The number of ether oxygens (including phenoxy) is 1. The molecule has 0 radical (unpaired) electrons. The standard InChI is InChI=1S/C17H20O2S/c1-11-8-9-14(10-12(11)2)20-16-7-5-6-15(19-4)17(16)13(3)18/h5-10,13,18H,1-4H3. The largest absolute Gasteiger partial charge is 0.496 e. The van der Waals surface area contributed by atoms with Gasteiger partial charge in [-0.2, -0.15) is 0 Å². The summed E-state index contributed by atoms with van der Waals surface area (Å²) in [4.78, 5) is 2.20. The van der Waals surface area contributed by atoms with Gasteiger partial charge in [0.15, 0.2) is 0 Å². The molecular formula is C17H20O2S. The van der Waals surface area contributed by atoms with Gasteiger partial charge in [-0.1, -0.05) is 23.9 Å². The van der Waals surface area contributed by atoms with Crippen LogP contribution in [-0.2, 0) is 0 Å².